The van der Waals surface area contributed by atoms with Gasteiger partial charge in [0.1, 0.15) is 11.4 Å². The molecule has 1 aromatic carbocycles. The molecule has 3 aromatic rings. The number of nitrogens with one attached hydrogen (secondary N) is 1. The zero-order chi connectivity index (χ0) is 22.8. The molecule has 2 heterocycles. The van der Waals surface area contributed by atoms with Crippen LogP contribution in [0.15, 0.2) is 41.0 Å². The van der Waals surface area contributed by atoms with Gasteiger partial charge in [0.15, 0.2) is 5.13 Å². The Kier molecular flexibility index (Phi) is 7.00. The summed E-state index contributed by atoms with van der Waals surface area (Å²) in [5, 5.41) is 3.32. The fourth-order valence-corrected chi connectivity index (χ4v) is 4.29. The first-order valence-electron chi connectivity index (χ1n) is 9.26. The number of alkyl halides is 3. The van der Waals surface area contributed by atoms with Crippen LogP contribution in [0.4, 0.5) is 24.1 Å². The quantitative estimate of drug-likeness (QED) is 0.371. The number of nitrogens with zero attached hydrogens (tertiary/aromatic N) is 2. The number of hydrogen-bond donors (Lipinski definition) is 1. The van der Waals surface area contributed by atoms with Gasteiger partial charge in [0, 0.05) is 21.1 Å². The predicted molar refractivity (Wildman–Crippen MR) is 118 cm³/mol. The molecule has 0 amide bonds. The first-order valence-corrected chi connectivity index (χ1v) is 10.9. The zero-order valence-corrected chi connectivity index (χ0v) is 19.3. The van der Waals surface area contributed by atoms with Crippen molar-refractivity contribution in [2.24, 2.45) is 5.92 Å². The molecule has 3 rings (SSSR count). The van der Waals surface area contributed by atoms with Crippen molar-refractivity contribution in [3.05, 3.63) is 57.0 Å². The fraction of sp³-hybridized carbons (Fsp3) is 0.286. The minimum Gasteiger partial charge on any atom is -0.465 e. The summed E-state index contributed by atoms with van der Waals surface area (Å²) in [6, 6.07) is 8.41. The van der Waals surface area contributed by atoms with Crippen LogP contribution in [0, 0.1) is 5.92 Å². The number of pyridine rings is 1. The van der Waals surface area contributed by atoms with E-state index in [1.807, 2.05) is 24.3 Å². The van der Waals surface area contributed by atoms with Crippen LogP contribution in [-0.4, -0.2) is 23.0 Å². The van der Waals surface area contributed by atoms with Gasteiger partial charge in [-0.2, -0.15) is 13.2 Å². The van der Waals surface area contributed by atoms with Gasteiger partial charge in [0.05, 0.1) is 18.4 Å². The Bertz CT molecular complexity index is 1080. The van der Waals surface area contributed by atoms with Crippen LogP contribution in [0.3, 0.4) is 0 Å². The molecule has 0 aliphatic rings. The van der Waals surface area contributed by atoms with Gasteiger partial charge in [-0.1, -0.05) is 41.9 Å². The van der Waals surface area contributed by atoms with Crippen LogP contribution >= 0.6 is 27.3 Å². The third-order valence-electron chi connectivity index (χ3n) is 4.25. The van der Waals surface area contributed by atoms with Crippen molar-refractivity contribution < 1.29 is 22.7 Å². The van der Waals surface area contributed by atoms with Crippen molar-refractivity contribution in [2.75, 3.05) is 12.4 Å². The van der Waals surface area contributed by atoms with Crippen molar-refractivity contribution in [2.45, 2.75) is 26.4 Å². The molecule has 0 spiro atoms. The molecule has 0 atom stereocenters. The van der Waals surface area contributed by atoms with E-state index in [2.05, 4.69) is 49.8 Å². The highest BCUT2D eigenvalue weighted by molar-refractivity contribution is 9.10. The summed E-state index contributed by atoms with van der Waals surface area (Å²) in [5.74, 6) is -0.599. The minimum atomic E-state index is -4.63. The highest BCUT2D eigenvalue weighted by Crippen LogP contribution is 2.36. The number of benzene rings is 1. The average molecular weight is 514 g/mol. The number of thiazole rings is 1. The molecular formula is C21H19BrF3N3O2S. The second-order valence-corrected chi connectivity index (χ2v) is 9.13. The molecule has 0 saturated carbocycles. The normalized spacial score (nSPS) is 11.6. The Morgan fingerprint density at radius 3 is 2.52 bits per heavy atom. The SMILES string of the molecule is COC(=O)c1cc(C(F)(F)F)cnc1Nc1nc(-c2ccc(Br)cc2)c(CC(C)C)s1. The van der Waals surface area contributed by atoms with E-state index in [1.165, 1.54) is 11.3 Å². The summed E-state index contributed by atoms with van der Waals surface area (Å²) in [6.45, 7) is 4.18. The van der Waals surface area contributed by atoms with Gasteiger partial charge in [-0.25, -0.2) is 14.8 Å². The Balaban J connectivity index is 2.02. The van der Waals surface area contributed by atoms with Crippen LogP contribution < -0.4 is 5.32 Å². The smallest absolute Gasteiger partial charge is 0.417 e. The van der Waals surface area contributed by atoms with Gasteiger partial charge in [0.2, 0.25) is 0 Å². The van der Waals surface area contributed by atoms with Gasteiger partial charge < -0.3 is 10.1 Å². The maximum absolute atomic E-state index is 13.1. The summed E-state index contributed by atoms with van der Waals surface area (Å²) >= 11 is 4.78. The molecule has 31 heavy (non-hydrogen) atoms. The Morgan fingerprint density at radius 1 is 1.26 bits per heavy atom. The minimum absolute atomic E-state index is 0.0490. The lowest BCUT2D eigenvalue weighted by Crippen LogP contribution is -2.12. The number of methoxy groups -OCH3 is 1. The molecule has 0 aliphatic carbocycles. The number of halogens is 4. The van der Waals surface area contributed by atoms with Gasteiger partial charge in [-0.05, 0) is 30.5 Å². The van der Waals surface area contributed by atoms with Gasteiger partial charge in [-0.15, -0.1) is 11.3 Å². The molecule has 0 fully saturated rings. The first-order chi connectivity index (χ1) is 14.6. The number of ether oxygens (including phenoxy) is 1. The van der Waals surface area contributed by atoms with E-state index in [0.717, 1.165) is 40.2 Å². The molecule has 0 radical (unpaired) electrons. The van der Waals surface area contributed by atoms with E-state index in [1.54, 1.807) is 0 Å². The maximum atomic E-state index is 13.1. The van der Waals surface area contributed by atoms with Crippen LogP contribution in [0.1, 0.15) is 34.6 Å². The summed E-state index contributed by atoms with van der Waals surface area (Å²) in [5.41, 5.74) is 0.341. The average Bonchev–Trinajstić information content (AvgIpc) is 3.08. The van der Waals surface area contributed by atoms with Gasteiger partial charge in [-0.3, -0.25) is 0 Å². The number of anilines is 2. The molecule has 5 nitrogen and oxygen atoms in total. The van der Waals surface area contributed by atoms with Crippen LogP contribution in [0.25, 0.3) is 11.3 Å². The third kappa shape index (κ3) is 5.62. The highest BCUT2D eigenvalue weighted by Gasteiger charge is 2.33. The number of hydrogen-bond acceptors (Lipinski definition) is 6. The van der Waals surface area contributed by atoms with E-state index in [9.17, 15) is 18.0 Å². The van der Waals surface area contributed by atoms with Crippen molar-refractivity contribution in [1.82, 2.24) is 9.97 Å². The predicted octanol–water partition coefficient (Wildman–Crippen LogP) is 6.72. The van der Waals surface area contributed by atoms with E-state index in [-0.39, 0.29) is 11.4 Å². The summed E-state index contributed by atoms with van der Waals surface area (Å²) < 4.78 is 44.8. The van der Waals surface area contributed by atoms with Crippen LogP contribution in [-0.2, 0) is 17.3 Å². The highest BCUT2D eigenvalue weighted by atomic mass is 79.9. The molecule has 0 unspecified atom stereocenters. The lowest BCUT2D eigenvalue weighted by atomic mass is 10.1. The number of rotatable bonds is 6. The Hall–Kier alpha value is -2.46. The Labute approximate surface area is 189 Å². The summed E-state index contributed by atoms with van der Waals surface area (Å²) in [4.78, 5) is 21.6. The monoisotopic (exact) mass is 513 g/mol. The second kappa shape index (κ2) is 9.35. The van der Waals surface area contributed by atoms with Crippen molar-refractivity contribution >= 4 is 44.2 Å². The largest absolute Gasteiger partial charge is 0.465 e. The molecular weight excluding hydrogens is 495 g/mol. The molecule has 10 heteroatoms. The van der Waals surface area contributed by atoms with E-state index in [0.29, 0.717) is 17.2 Å². The van der Waals surface area contributed by atoms with Crippen LogP contribution in [0.2, 0.25) is 0 Å². The summed E-state index contributed by atoms with van der Waals surface area (Å²) in [7, 11) is 1.10. The van der Waals surface area contributed by atoms with Crippen molar-refractivity contribution in [3.63, 3.8) is 0 Å². The Morgan fingerprint density at radius 2 is 1.94 bits per heavy atom. The number of carbonyl (C=O) groups excluding carboxylic acids is 1. The number of esters is 1. The first kappa shape index (κ1) is 23.2. The lowest BCUT2D eigenvalue weighted by molar-refractivity contribution is -0.137. The van der Waals surface area contributed by atoms with E-state index in [4.69, 9.17) is 0 Å². The second-order valence-electron chi connectivity index (χ2n) is 7.13. The topological polar surface area (TPSA) is 64.1 Å². The molecule has 2 aromatic heterocycles. The molecule has 164 valence electrons. The molecule has 1 N–H and O–H groups in total. The van der Waals surface area contributed by atoms with E-state index >= 15 is 0 Å². The fourth-order valence-electron chi connectivity index (χ4n) is 2.83. The van der Waals surface area contributed by atoms with Gasteiger partial charge >= 0.3 is 12.1 Å². The van der Waals surface area contributed by atoms with Crippen molar-refractivity contribution in [3.8, 4) is 11.3 Å². The maximum Gasteiger partial charge on any atom is 0.417 e. The zero-order valence-electron chi connectivity index (χ0n) is 16.9. The number of carbonyl (C=O) groups is 1. The lowest BCUT2D eigenvalue weighted by Gasteiger charge is -2.11. The van der Waals surface area contributed by atoms with Gasteiger partial charge in [0.25, 0.3) is 0 Å². The molecule has 0 aliphatic heterocycles. The molecule has 0 saturated heterocycles. The number of aromatic nitrogens is 2. The van der Waals surface area contributed by atoms with E-state index < -0.39 is 17.7 Å². The van der Waals surface area contributed by atoms with Crippen LogP contribution in [0.5, 0.6) is 0 Å². The molecule has 0 bridgehead atoms. The van der Waals surface area contributed by atoms with Crippen molar-refractivity contribution in [1.29, 1.82) is 0 Å². The third-order valence-corrected chi connectivity index (χ3v) is 5.78. The standard InChI is InChI=1S/C21H19BrF3N3O2S/c1-11(2)8-16-17(12-4-6-14(22)7-5-12)27-20(31-16)28-18-15(19(29)30-3)9-13(10-26-18)21(23,24)25/h4-7,9-11H,8H2,1-3H3,(H,26,27,28). The summed E-state index contributed by atoms with van der Waals surface area (Å²) in [6.07, 6.45) is -3.18.